The first kappa shape index (κ1) is 23.1. The average Bonchev–Trinajstić information content (AvgIpc) is 3.06. The molecule has 1 unspecified atom stereocenters. The van der Waals surface area contributed by atoms with Gasteiger partial charge in [-0.25, -0.2) is 0 Å². The molecule has 33 heavy (non-hydrogen) atoms. The summed E-state index contributed by atoms with van der Waals surface area (Å²) in [5, 5.41) is 3.56. The summed E-state index contributed by atoms with van der Waals surface area (Å²) >= 11 is 6.57. The standard InChI is InChI=1S/C26H27ClN2O3Si/c1-33(2,3)17-28-25(30)24-19-12-7-8-13-20(19)26(31)29(24)16-21-22(27)14-9-15-23(21)32-18-10-5-4-6-11-18/h4-15,24H,16-17H2,1-3H3,(H,28,30). The van der Waals surface area contributed by atoms with Gasteiger partial charge >= 0.3 is 0 Å². The molecule has 1 aliphatic rings. The molecule has 3 aromatic rings. The smallest absolute Gasteiger partial charge is 0.255 e. The third-order valence-corrected chi connectivity index (χ3v) is 7.07. The Morgan fingerprint density at radius 3 is 2.42 bits per heavy atom. The highest BCUT2D eigenvalue weighted by molar-refractivity contribution is 6.76. The molecule has 170 valence electrons. The summed E-state index contributed by atoms with van der Waals surface area (Å²) < 4.78 is 6.08. The molecule has 2 amide bonds. The van der Waals surface area contributed by atoms with Crippen LogP contribution in [-0.2, 0) is 11.3 Å². The zero-order valence-electron chi connectivity index (χ0n) is 19.0. The normalized spacial score (nSPS) is 15.3. The fourth-order valence-corrected chi connectivity index (χ4v) is 4.77. The molecule has 0 saturated heterocycles. The van der Waals surface area contributed by atoms with Crippen molar-refractivity contribution < 1.29 is 14.3 Å². The molecular weight excluding hydrogens is 452 g/mol. The molecule has 0 radical (unpaired) electrons. The van der Waals surface area contributed by atoms with Crippen molar-refractivity contribution in [1.29, 1.82) is 0 Å². The predicted octanol–water partition coefficient (Wildman–Crippen LogP) is 5.82. The molecular formula is C26H27ClN2O3Si. The molecule has 0 bridgehead atoms. The molecule has 1 N–H and O–H groups in total. The van der Waals surface area contributed by atoms with Crippen molar-refractivity contribution in [3.05, 3.63) is 94.5 Å². The van der Waals surface area contributed by atoms with Gasteiger partial charge in [0, 0.05) is 22.3 Å². The van der Waals surface area contributed by atoms with Crippen LogP contribution < -0.4 is 10.1 Å². The summed E-state index contributed by atoms with van der Waals surface area (Å²) in [6.07, 6.45) is 0.640. The van der Waals surface area contributed by atoms with Gasteiger partial charge in [0.05, 0.1) is 14.6 Å². The van der Waals surface area contributed by atoms with E-state index >= 15 is 0 Å². The van der Waals surface area contributed by atoms with Crippen LogP contribution in [0.5, 0.6) is 11.5 Å². The molecule has 5 nitrogen and oxygen atoms in total. The Morgan fingerprint density at radius 1 is 1.00 bits per heavy atom. The summed E-state index contributed by atoms with van der Waals surface area (Å²) in [7, 11) is -1.51. The number of nitrogens with one attached hydrogen (secondary N) is 1. The lowest BCUT2D eigenvalue weighted by molar-refractivity contribution is -0.125. The highest BCUT2D eigenvalue weighted by Gasteiger charge is 2.41. The van der Waals surface area contributed by atoms with Gasteiger partial charge in [-0.15, -0.1) is 0 Å². The van der Waals surface area contributed by atoms with Crippen molar-refractivity contribution in [3.63, 3.8) is 0 Å². The van der Waals surface area contributed by atoms with Crippen LogP contribution in [0.15, 0.2) is 72.8 Å². The monoisotopic (exact) mass is 478 g/mol. The number of amides is 2. The van der Waals surface area contributed by atoms with E-state index in [1.807, 2.05) is 60.7 Å². The molecule has 1 heterocycles. The third kappa shape index (κ3) is 5.12. The van der Waals surface area contributed by atoms with Crippen LogP contribution in [0.1, 0.15) is 27.5 Å². The van der Waals surface area contributed by atoms with Crippen molar-refractivity contribution in [1.82, 2.24) is 10.2 Å². The van der Waals surface area contributed by atoms with Gasteiger partial charge in [-0.2, -0.15) is 0 Å². The lowest BCUT2D eigenvalue weighted by Gasteiger charge is -2.27. The zero-order valence-corrected chi connectivity index (χ0v) is 20.7. The fourth-order valence-electron chi connectivity index (χ4n) is 3.84. The summed E-state index contributed by atoms with van der Waals surface area (Å²) in [6, 6.07) is 21.4. The second-order valence-corrected chi connectivity index (χ2v) is 15.2. The number of carbonyl (C=O) groups is 2. The number of hydrogen-bond donors (Lipinski definition) is 1. The average molecular weight is 479 g/mol. The number of ether oxygens (including phenoxy) is 1. The Bertz CT molecular complexity index is 1180. The molecule has 4 rings (SSSR count). The second-order valence-electron chi connectivity index (χ2n) is 9.33. The van der Waals surface area contributed by atoms with Crippen molar-refractivity contribution in [3.8, 4) is 11.5 Å². The first-order valence-electron chi connectivity index (χ1n) is 10.9. The minimum absolute atomic E-state index is 0.153. The number of benzene rings is 3. The van der Waals surface area contributed by atoms with E-state index in [0.29, 0.717) is 39.4 Å². The second kappa shape index (κ2) is 9.41. The molecule has 0 fully saturated rings. The zero-order chi connectivity index (χ0) is 23.6. The molecule has 1 aliphatic heterocycles. The number of fused-ring (bicyclic) bond motifs is 1. The highest BCUT2D eigenvalue weighted by atomic mass is 35.5. The summed E-state index contributed by atoms with van der Waals surface area (Å²) in [4.78, 5) is 28.3. The van der Waals surface area contributed by atoms with E-state index in [1.165, 1.54) is 0 Å². The van der Waals surface area contributed by atoms with Gasteiger partial charge in [0.15, 0.2) is 0 Å². The Hall–Kier alpha value is -3.09. The topological polar surface area (TPSA) is 58.6 Å². The number of carbonyl (C=O) groups excluding carboxylic acids is 2. The van der Waals surface area contributed by atoms with Crippen molar-refractivity contribution >= 4 is 31.5 Å². The summed E-state index contributed by atoms with van der Waals surface area (Å²) in [5.74, 6) is 0.859. The van der Waals surface area contributed by atoms with Gasteiger partial charge in [0.25, 0.3) is 5.91 Å². The molecule has 1 atom stereocenters. The number of halogens is 1. The van der Waals surface area contributed by atoms with Gasteiger partial charge < -0.3 is 15.0 Å². The maximum Gasteiger partial charge on any atom is 0.255 e. The van der Waals surface area contributed by atoms with E-state index < -0.39 is 14.1 Å². The van der Waals surface area contributed by atoms with Crippen LogP contribution in [0.25, 0.3) is 0 Å². The first-order valence-corrected chi connectivity index (χ1v) is 15.0. The van der Waals surface area contributed by atoms with Crippen LogP contribution in [0.2, 0.25) is 24.7 Å². The Kier molecular flexibility index (Phi) is 6.58. The van der Waals surface area contributed by atoms with Crippen LogP contribution in [0.3, 0.4) is 0 Å². The number of para-hydroxylation sites is 1. The maximum atomic E-state index is 13.4. The van der Waals surface area contributed by atoms with Gasteiger partial charge in [-0.05, 0) is 35.9 Å². The van der Waals surface area contributed by atoms with Crippen molar-refractivity contribution in [2.45, 2.75) is 32.2 Å². The van der Waals surface area contributed by atoms with Crippen molar-refractivity contribution in [2.75, 3.05) is 6.17 Å². The Labute approximate surface area is 200 Å². The maximum absolute atomic E-state index is 13.4. The third-order valence-electron chi connectivity index (χ3n) is 5.47. The van der Waals surface area contributed by atoms with Crippen LogP contribution in [-0.4, -0.2) is 31.0 Å². The van der Waals surface area contributed by atoms with Crippen molar-refractivity contribution in [2.24, 2.45) is 0 Å². The Balaban J connectivity index is 1.68. The molecule has 3 aromatic carbocycles. The SMILES string of the molecule is C[Si](C)(C)CNC(=O)C1c2ccccc2C(=O)N1Cc1c(Cl)cccc1Oc1ccccc1. The van der Waals surface area contributed by atoms with E-state index in [1.54, 1.807) is 17.0 Å². The quantitative estimate of drug-likeness (QED) is 0.435. The molecule has 0 aliphatic carbocycles. The van der Waals surface area contributed by atoms with E-state index in [9.17, 15) is 9.59 Å². The minimum Gasteiger partial charge on any atom is -0.457 e. The lowest BCUT2D eigenvalue weighted by Crippen LogP contribution is -2.45. The van der Waals surface area contributed by atoms with Gasteiger partial charge in [0.2, 0.25) is 5.91 Å². The first-order chi connectivity index (χ1) is 15.7. The van der Waals surface area contributed by atoms with Gasteiger partial charge in [-0.3, -0.25) is 9.59 Å². The van der Waals surface area contributed by atoms with E-state index in [4.69, 9.17) is 16.3 Å². The van der Waals surface area contributed by atoms with Gasteiger partial charge in [-0.1, -0.05) is 73.7 Å². The van der Waals surface area contributed by atoms with E-state index in [0.717, 1.165) is 0 Å². The minimum atomic E-state index is -1.51. The summed E-state index contributed by atoms with van der Waals surface area (Å²) in [5.41, 5.74) is 1.92. The van der Waals surface area contributed by atoms with Crippen LogP contribution >= 0.6 is 11.6 Å². The fraction of sp³-hybridized carbons (Fsp3) is 0.231. The highest BCUT2D eigenvalue weighted by Crippen LogP contribution is 2.38. The van der Waals surface area contributed by atoms with Crippen LogP contribution in [0, 0.1) is 0 Å². The number of hydrogen-bond acceptors (Lipinski definition) is 3. The molecule has 0 aromatic heterocycles. The molecule has 7 heteroatoms. The van der Waals surface area contributed by atoms with E-state index in [2.05, 4.69) is 25.0 Å². The van der Waals surface area contributed by atoms with E-state index in [-0.39, 0.29) is 18.4 Å². The largest absolute Gasteiger partial charge is 0.457 e. The summed E-state index contributed by atoms with van der Waals surface area (Å²) in [6.45, 7) is 6.72. The molecule has 0 spiro atoms. The molecule has 0 saturated carbocycles. The Morgan fingerprint density at radius 2 is 1.70 bits per heavy atom. The number of nitrogens with zero attached hydrogens (tertiary/aromatic N) is 1. The predicted molar refractivity (Wildman–Crippen MR) is 133 cm³/mol. The van der Waals surface area contributed by atoms with Crippen LogP contribution in [0.4, 0.5) is 0 Å². The van der Waals surface area contributed by atoms with Gasteiger partial charge in [0.1, 0.15) is 17.5 Å². The lowest BCUT2D eigenvalue weighted by atomic mass is 10.0. The number of rotatable bonds is 7.